The van der Waals surface area contributed by atoms with E-state index in [4.69, 9.17) is 4.74 Å². The average Bonchev–Trinajstić information content (AvgIpc) is 3.53. The van der Waals surface area contributed by atoms with Crippen molar-refractivity contribution < 1.29 is 29.3 Å². The van der Waals surface area contributed by atoms with Gasteiger partial charge in [-0.25, -0.2) is 4.68 Å². The number of aliphatic hydroxyl groups is 1. The second-order valence-electron chi connectivity index (χ2n) is 10.6. The van der Waals surface area contributed by atoms with Crippen LogP contribution in [0.4, 0.5) is 0 Å². The van der Waals surface area contributed by atoms with E-state index >= 15 is 0 Å². The van der Waals surface area contributed by atoms with E-state index in [1.807, 2.05) is 31.2 Å². The number of aliphatic hydroxyl groups excluding tert-OH is 1. The minimum Gasteiger partial charge on any atom is -0.481 e. The third kappa shape index (κ3) is 3.66. The zero-order valence-electron chi connectivity index (χ0n) is 21.1. The van der Waals surface area contributed by atoms with Crippen molar-refractivity contribution in [3.05, 3.63) is 36.9 Å². The van der Waals surface area contributed by atoms with Gasteiger partial charge in [0, 0.05) is 19.7 Å². The number of aliphatic carboxylic acids is 1. The summed E-state index contributed by atoms with van der Waals surface area (Å²) in [5.41, 5.74) is -0.840. The molecule has 5 rings (SSSR count). The highest BCUT2D eigenvalue weighted by Gasteiger charge is 2.80. The van der Waals surface area contributed by atoms with Crippen molar-refractivity contribution >= 4 is 28.8 Å². The van der Waals surface area contributed by atoms with E-state index in [9.17, 15) is 24.6 Å². The van der Waals surface area contributed by atoms with Gasteiger partial charge in [0.2, 0.25) is 11.8 Å². The van der Waals surface area contributed by atoms with Crippen LogP contribution in [-0.4, -0.2) is 89.7 Å². The summed E-state index contributed by atoms with van der Waals surface area (Å²) in [6.45, 7) is 7.93. The molecular formula is C26H33N5O6. The Morgan fingerprint density at radius 2 is 2.08 bits per heavy atom. The summed E-state index contributed by atoms with van der Waals surface area (Å²) < 4.78 is 8.15. The molecular weight excluding hydrogens is 478 g/mol. The first-order valence-corrected chi connectivity index (χ1v) is 12.7. The molecule has 11 nitrogen and oxygen atoms in total. The number of fused-ring (bicyclic) bond motifs is 2. The fraction of sp³-hybridized carbons (Fsp3) is 0.577. The van der Waals surface area contributed by atoms with E-state index < -0.39 is 35.0 Å². The first-order valence-electron chi connectivity index (χ1n) is 12.7. The molecule has 3 aliphatic heterocycles. The lowest BCUT2D eigenvalue weighted by atomic mass is 9.62. The lowest BCUT2D eigenvalue weighted by Crippen LogP contribution is -2.56. The maximum absolute atomic E-state index is 14.3. The van der Waals surface area contributed by atoms with Crippen LogP contribution >= 0.6 is 0 Å². The Morgan fingerprint density at radius 1 is 1.32 bits per heavy atom. The van der Waals surface area contributed by atoms with E-state index in [0.29, 0.717) is 24.8 Å². The molecule has 3 saturated heterocycles. The Labute approximate surface area is 214 Å². The SMILES string of the molecule is C=CCN(Cn1nnc2ccccc21)C(=O)C1N(CCCCO)C(=O)[C@@H]2[C@@H](C(=O)O)[C@]3(C)OC12CC3C. The second-order valence-corrected chi connectivity index (χ2v) is 10.6. The molecule has 0 aliphatic carbocycles. The maximum atomic E-state index is 14.3. The molecule has 2 bridgehead atoms. The van der Waals surface area contributed by atoms with Crippen molar-refractivity contribution in [2.24, 2.45) is 17.8 Å². The lowest BCUT2D eigenvalue weighted by molar-refractivity contribution is -0.158. The molecule has 0 saturated carbocycles. The summed E-state index contributed by atoms with van der Waals surface area (Å²) >= 11 is 0. The summed E-state index contributed by atoms with van der Waals surface area (Å²) in [6.07, 6.45) is 2.95. The number of para-hydroxylation sites is 1. The number of unbranched alkanes of at least 4 members (excludes halogenated alkanes) is 1. The van der Waals surface area contributed by atoms with E-state index in [0.717, 1.165) is 5.52 Å². The minimum absolute atomic E-state index is 0.0411. The number of amides is 2. The smallest absolute Gasteiger partial charge is 0.310 e. The van der Waals surface area contributed by atoms with Gasteiger partial charge in [-0.2, -0.15) is 0 Å². The summed E-state index contributed by atoms with van der Waals surface area (Å²) in [4.78, 5) is 43.6. The van der Waals surface area contributed by atoms with Gasteiger partial charge in [-0.3, -0.25) is 14.4 Å². The molecule has 1 aromatic heterocycles. The van der Waals surface area contributed by atoms with Crippen molar-refractivity contribution in [1.29, 1.82) is 0 Å². The van der Waals surface area contributed by atoms with Crippen LogP contribution in [0.5, 0.6) is 0 Å². The molecule has 2 amide bonds. The third-order valence-corrected chi connectivity index (χ3v) is 8.51. The van der Waals surface area contributed by atoms with Gasteiger partial charge in [0.15, 0.2) is 0 Å². The van der Waals surface area contributed by atoms with Crippen molar-refractivity contribution in [3.8, 4) is 0 Å². The number of benzene rings is 1. The van der Waals surface area contributed by atoms with Crippen LogP contribution in [0.1, 0.15) is 33.1 Å². The van der Waals surface area contributed by atoms with Gasteiger partial charge in [-0.15, -0.1) is 11.7 Å². The van der Waals surface area contributed by atoms with Gasteiger partial charge >= 0.3 is 5.97 Å². The number of rotatable bonds is 10. The predicted molar refractivity (Wildman–Crippen MR) is 132 cm³/mol. The number of carbonyl (C=O) groups is 3. The number of carboxylic acids is 1. The Hall–Kier alpha value is -3.31. The van der Waals surface area contributed by atoms with Crippen molar-refractivity contribution in [2.75, 3.05) is 19.7 Å². The van der Waals surface area contributed by atoms with Gasteiger partial charge in [-0.1, -0.05) is 30.3 Å². The molecule has 6 atom stereocenters. The Morgan fingerprint density at radius 3 is 2.78 bits per heavy atom. The molecule has 198 valence electrons. The lowest BCUT2D eigenvalue weighted by Gasteiger charge is -2.37. The first-order chi connectivity index (χ1) is 17.7. The maximum Gasteiger partial charge on any atom is 0.310 e. The van der Waals surface area contributed by atoms with Gasteiger partial charge in [0.1, 0.15) is 29.7 Å². The summed E-state index contributed by atoms with van der Waals surface area (Å²) in [5, 5.41) is 27.9. The van der Waals surface area contributed by atoms with Gasteiger partial charge < -0.3 is 24.7 Å². The summed E-state index contributed by atoms with van der Waals surface area (Å²) in [6, 6.07) is 6.42. The molecule has 1 aromatic carbocycles. The molecule has 3 unspecified atom stereocenters. The number of ether oxygens (including phenoxy) is 1. The average molecular weight is 512 g/mol. The molecule has 37 heavy (non-hydrogen) atoms. The normalized spacial score (nSPS) is 32.2. The highest BCUT2D eigenvalue weighted by Crippen LogP contribution is 2.65. The molecule has 3 aliphatic rings. The zero-order valence-corrected chi connectivity index (χ0v) is 21.1. The highest BCUT2D eigenvalue weighted by molar-refractivity contribution is 5.98. The van der Waals surface area contributed by atoms with Crippen molar-refractivity contribution in [1.82, 2.24) is 24.8 Å². The van der Waals surface area contributed by atoms with Crippen molar-refractivity contribution in [2.45, 2.75) is 57.0 Å². The Kier molecular flexibility index (Phi) is 6.31. The number of nitrogens with zero attached hydrogens (tertiary/aromatic N) is 5. The second kappa shape index (κ2) is 9.21. The zero-order chi connectivity index (χ0) is 26.5. The van der Waals surface area contributed by atoms with E-state index in [1.54, 1.807) is 22.6 Å². The van der Waals surface area contributed by atoms with Crippen LogP contribution in [-0.2, 0) is 25.8 Å². The van der Waals surface area contributed by atoms with Gasteiger partial charge in [0.05, 0.1) is 17.0 Å². The minimum atomic E-state index is -1.24. The third-order valence-electron chi connectivity index (χ3n) is 8.51. The number of carbonyl (C=O) groups excluding carboxylic acids is 2. The van der Waals surface area contributed by atoms with Crippen LogP contribution in [0.25, 0.3) is 11.0 Å². The standard InChI is InChI=1S/C26H33N5O6/c1-4-11-29(15-31-18-10-6-5-9-17(18)27-28-31)23(34)21-26-14-16(2)25(3,37-26)20(24(35)36)19(26)22(33)30(21)12-7-8-13-32/h4-6,9-10,16,19-21,32H,1,7-8,11-15H2,2-3H3,(H,35,36)/t16?,19-,20-,21?,25+,26?/m0/s1. The number of aromatic nitrogens is 3. The fourth-order valence-corrected chi connectivity index (χ4v) is 6.76. The topological polar surface area (TPSA) is 138 Å². The molecule has 3 fully saturated rings. The molecule has 4 heterocycles. The number of hydrogen-bond acceptors (Lipinski definition) is 7. The largest absolute Gasteiger partial charge is 0.481 e. The molecule has 2 aromatic rings. The predicted octanol–water partition coefficient (Wildman–Crippen LogP) is 1.27. The monoisotopic (exact) mass is 511 g/mol. The van der Waals surface area contributed by atoms with Gasteiger partial charge in [-0.05, 0) is 44.2 Å². The van der Waals surface area contributed by atoms with Crippen LogP contribution in [0.3, 0.4) is 0 Å². The molecule has 2 N–H and O–H groups in total. The number of carboxylic acid groups (broad SMARTS) is 1. The quantitative estimate of drug-likeness (QED) is 0.359. The first kappa shape index (κ1) is 25.3. The Balaban J connectivity index is 1.55. The summed E-state index contributed by atoms with van der Waals surface area (Å²) in [7, 11) is 0. The van der Waals surface area contributed by atoms with E-state index in [2.05, 4.69) is 16.9 Å². The van der Waals surface area contributed by atoms with Crippen LogP contribution < -0.4 is 0 Å². The van der Waals surface area contributed by atoms with Crippen LogP contribution in [0, 0.1) is 17.8 Å². The van der Waals surface area contributed by atoms with Crippen molar-refractivity contribution in [3.63, 3.8) is 0 Å². The van der Waals surface area contributed by atoms with Crippen LogP contribution in [0.2, 0.25) is 0 Å². The van der Waals surface area contributed by atoms with E-state index in [-0.39, 0.29) is 44.1 Å². The highest BCUT2D eigenvalue weighted by atomic mass is 16.5. The molecule has 0 radical (unpaired) electrons. The van der Waals surface area contributed by atoms with Crippen LogP contribution in [0.15, 0.2) is 36.9 Å². The number of hydrogen-bond donors (Lipinski definition) is 2. The molecule has 11 heteroatoms. The molecule has 1 spiro atoms. The van der Waals surface area contributed by atoms with E-state index in [1.165, 1.54) is 4.90 Å². The fourth-order valence-electron chi connectivity index (χ4n) is 6.76. The Bertz CT molecular complexity index is 1250. The number of likely N-dealkylation sites (tertiary alicyclic amines) is 1. The summed E-state index contributed by atoms with van der Waals surface area (Å²) in [5.74, 6) is -3.96. The van der Waals surface area contributed by atoms with Gasteiger partial charge in [0.25, 0.3) is 0 Å².